The first kappa shape index (κ1) is 13.9. The molecule has 2 aromatic rings. The Morgan fingerprint density at radius 1 is 1.33 bits per heavy atom. The molecule has 0 fully saturated rings. The molecule has 0 aliphatic rings. The molecular formula is C8H9BrN4O2S3. The molecule has 0 unspecified atom stereocenters. The highest BCUT2D eigenvalue weighted by Crippen LogP contribution is 2.22. The predicted octanol–water partition coefficient (Wildman–Crippen LogP) is 1.47. The summed E-state index contributed by atoms with van der Waals surface area (Å²) in [4.78, 5) is 1.10. The van der Waals surface area contributed by atoms with Gasteiger partial charge in [-0.2, -0.15) is 0 Å². The topological polar surface area (TPSA) is 98.0 Å². The van der Waals surface area contributed by atoms with Crippen LogP contribution in [-0.4, -0.2) is 25.2 Å². The molecule has 2 rings (SSSR count). The van der Waals surface area contributed by atoms with Crippen LogP contribution < -0.4 is 10.5 Å². The summed E-state index contributed by atoms with van der Waals surface area (Å²) in [5, 5.41) is 7.12. The lowest BCUT2D eigenvalue weighted by Gasteiger charge is -2.01. The normalized spacial score (nSPS) is 11.8. The maximum atomic E-state index is 11.8. The smallest absolute Gasteiger partial charge is 0.269 e. The summed E-state index contributed by atoms with van der Waals surface area (Å²) < 4.78 is 26.9. The first-order chi connectivity index (χ1) is 8.47. The van der Waals surface area contributed by atoms with Gasteiger partial charge in [0.15, 0.2) is 0 Å². The third kappa shape index (κ3) is 3.48. The molecule has 0 radical (unpaired) electrons. The SMILES string of the molecule is Nc1nnc(S(=O)(=O)NCCc2ccc(Br)s2)s1. The third-order valence-corrected chi connectivity index (χ3v) is 6.21. The zero-order valence-corrected chi connectivity index (χ0v) is 13.0. The van der Waals surface area contributed by atoms with Crippen LogP contribution in [0.2, 0.25) is 0 Å². The first-order valence-corrected chi connectivity index (χ1v) is 8.71. The van der Waals surface area contributed by atoms with Crippen molar-refractivity contribution in [3.05, 3.63) is 20.8 Å². The molecule has 0 saturated carbocycles. The van der Waals surface area contributed by atoms with Crippen LogP contribution in [0.5, 0.6) is 0 Å². The van der Waals surface area contributed by atoms with Crippen LogP contribution >= 0.6 is 38.6 Å². The van der Waals surface area contributed by atoms with Crippen molar-refractivity contribution in [3.8, 4) is 0 Å². The van der Waals surface area contributed by atoms with Crippen LogP contribution in [0.4, 0.5) is 5.13 Å². The standard InChI is InChI=1S/C8H9BrN4O2S3/c9-6-2-1-5(16-6)3-4-11-18(14,15)8-13-12-7(10)17-8/h1-2,11H,3-4H2,(H2,10,12). The monoisotopic (exact) mass is 368 g/mol. The molecule has 6 nitrogen and oxygen atoms in total. The van der Waals surface area contributed by atoms with Gasteiger partial charge in [0.2, 0.25) is 9.47 Å². The molecule has 98 valence electrons. The van der Waals surface area contributed by atoms with Crippen molar-refractivity contribution in [2.75, 3.05) is 12.3 Å². The number of anilines is 1. The van der Waals surface area contributed by atoms with E-state index >= 15 is 0 Å². The molecule has 0 saturated heterocycles. The van der Waals surface area contributed by atoms with Gasteiger partial charge in [-0.3, -0.25) is 0 Å². The number of nitrogens with zero attached hydrogens (tertiary/aromatic N) is 2. The third-order valence-electron chi connectivity index (χ3n) is 1.94. The second-order valence-corrected chi connectivity index (χ2v) is 8.76. The first-order valence-electron chi connectivity index (χ1n) is 4.80. The molecule has 0 amide bonds. The van der Waals surface area contributed by atoms with E-state index in [2.05, 4.69) is 30.8 Å². The van der Waals surface area contributed by atoms with Gasteiger partial charge in [0.1, 0.15) is 0 Å². The van der Waals surface area contributed by atoms with Crippen molar-refractivity contribution in [2.45, 2.75) is 10.8 Å². The van der Waals surface area contributed by atoms with Gasteiger partial charge in [0.25, 0.3) is 10.0 Å². The van der Waals surface area contributed by atoms with Crippen molar-refractivity contribution in [3.63, 3.8) is 0 Å². The number of hydrogen-bond donors (Lipinski definition) is 2. The molecular weight excluding hydrogens is 360 g/mol. The highest BCUT2D eigenvalue weighted by atomic mass is 79.9. The number of nitrogens with one attached hydrogen (secondary N) is 1. The van der Waals surface area contributed by atoms with E-state index in [0.29, 0.717) is 13.0 Å². The Morgan fingerprint density at radius 3 is 2.67 bits per heavy atom. The molecule has 2 heterocycles. The zero-order chi connectivity index (χ0) is 13.2. The molecule has 0 spiro atoms. The zero-order valence-electron chi connectivity index (χ0n) is 8.96. The van der Waals surface area contributed by atoms with Gasteiger partial charge in [0.05, 0.1) is 3.79 Å². The van der Waals surface area contributed by atoms with Crippen LogP contribution in [-0.2, 0) is 16.4 Å². The number of rotatable bonds is 5. The maximum Gasteiger partial charge on any atom is 0.269 e. The molecule has 18 heavy (non-hydrogen) atoms. The fraction of sp³-hybridized carbons (Fsp3) is 0.250. The molecule has 0 aromatic carbocycles. The second-order valence-electron chi connectivity index (χ2n) is 3.26. The molecule has 0 atom stereocenters. The summed E-state index contributed by atoms with van der Waals surface area (Å²) in [6, 6.07) is 3.88. The number of aromatic nitrogens is 2. The largest absolute Gasteiger partial charge is 0.374 e. The Labute approximate surface area is 120 Å². The van der Waals surface area contributed by atoms with E-state index in [1.54, 1.807) is 11.3 Å². The number of halogens is 1. The van der Waals surface area contributed by atoms with Crippen LogP contribution in [0.3, 0.4) is 0 Å². The van der Waals surface area contributed by atoms with Crippen LogP contribution in [0.1, 0.15) is 4.88 Å². The summed E-state index contributed by atoms with van der Waals surface area (Å²) in [5.41, 5.74) is 5.35. The highest BCUT2D eigenvalue weighted by Gasteiger charge is 2.18. The molecule has 10 heteroatoms. The highest BCUT2D eigenvalue weighted by molar-refractivity contribution is 9.11. The lowest BCUT2D eigenvalue weighted by molar-refractivity contribution is 0.580. The Bertz CT molecular complexity index is 636. The number of sulfonamides is 1. The van der Waals surface area contributed by atoms with E-state index in [-0.39, 0.29) is 9.47 Å². The Hall–Kier alpha value is -0.550. The second kappa shape index (κ2) is 5.61. The van der Waals surface area contributed by atoms with E-state index in [0.717, 1.165) is 20.0 Å². The maximum absolute atomic E-state index is 11.8. The minimum absolute atomic E-state index is 0.104. The Balaban J connectivity index is 1.93. The van der Waals surface area contributed by atoms with Crippen molar-refractivity contribution in [2.24, 2.45) is 0 Å². The lowest BCUT2D eigenvalue weighted by atomic mass is 10.3. The van der Waals surface area contributed by atoms with E-state index in [9.17, 15) is 8.42 Å². The van der Waals surface area contributed by atoms with Crippen LogP contribution in [0, 0.1) is 0 Å². The molecule has 0 bridgehead atoms. The van der Waals surface area contributed by atoms with E-state index in [4.69, 9.17) is 5.73 Å². The molecule has 3 N–H and O–H groups in total. The summed E-state index contributed by atoms with van der Waals surface area (Å²) in [6.07, 6.45) is 0.629. The average molecular weight is 369 g/mol. The number of nitrogen functional groups attached to an aromatic ring is 1. The summed E-state index contributed by atoms with van der Waals surface area (Å²) in [7, 11) is -3.59. The number of nitrogens with two attached hydrogens (primary N) is 1. The van der Waals surface area contributed by atoms with Crippen molar-refractivity contribution in [1.82, 2.24) is 14.9 Å². The lowest BCUT2D eigenvalue weighted by Crippen LogP contribution is -2.25. The Kier molecular flexibility index (Phi) is 4.33. The molecule has 0 aliphatic carbocycles. The van der Waals surface area contributed by atoms with Gasteiger partial charge in [0, 0.05) is 11.4 Å². The van der Waals surface area contributed by atoms with Crippen molar-refractivity contribution in [1.29, 1.82) is 0 Å². The van der Waals surface area contributed by atoms with Crippen molar-refractivity contribution >= 4 is 53.8 Å². The average Bonchev–Trinajstić information content (AvgIpc) is 2.88. The van der Waals surface area contributed by atoms with Gasteiger partial charge in [-0.1, -0.05) is 11.3 Å². The fourth-order valence-electron chi connectivity index (χ4n) is 1.19. The molecule has 0 aliphatic heterocycles. The number of hydrogen-bond acceptors (Lipinski definition) is 7. The quantitative estimate of drug-likeness (QED) is 0.832. The van der Waals surface area contributed by atoms with Gasteiger partial charge in [-0.15, -0.1) is 21.5 Å². The van der Waals surface area contributed by atoms with Gasteiger partial charge in [-0.05, 0) is 34.5 Å². The van der Waals surface area contributed by atoms with Gasteiger partial charge in [-0.25, -0.2) is 13.1 Å². The summed E-state index contributed by atoms with van der Waals surface area (Å²) >= 11 is 5.77. The summed E-state index contributed by atoms with van der Waals surface area (Å²) in [6.45, 7) is 0.314. The van der Waals surface area contributed by atoms with E-state index < -0.39 is 10.0 Å². The van der Waals surface area contributed by atoms with Crippen LogP contribution in [0.25, 0.3) is 0 Å². The summed E-state index contributed by atoms with van der Waals surface area (Å²) in [5.74, 6) is 0. The van der Waals surface area contributed by atoms with Gasteiger partial charge < -0.3 is 5.73 Å². The molecule has 2 aromatic heterocycles. The number of thiophene rings is 1. The van der Waals surface area contributed by atoms with Gasteiger partial charge >= 0.3 is 0 Å². The minimum atomic E-state index is -3.59. The van der Waals surface area contributed by atoms with Crippen molar-refractivity contribution < 1.29 is 8.42 Å². The van der Waals surface area contributed by atoms with E-state index in [1.165, 1.54) is 0 Å². The Morgan fingerprint density at radius 2 is 2.11 bits per heavy atom. The predicted molar refractivity (Wildman–Crippen MR) is 75.2 cm³/mol. The van der Waals surface area contributed by atoms with Crippen LogP contribution in [0.15, 0.2) is 20.3 Å². The fourth-order valence-corrected chi connectivity index (χ4v) is 4.52. The van der Waals surface area contributed by atoms with E-state index in [1.807, 2.05) is 12.1 Å². The minimum Gasteiger partial charge on any atom is -0.374 e.